The Morgan fingerprint density at radius 3 is 2.67 bits per heavy atom. The molecule has 0 radical (unpaired) electrons. The summed E-state index contributed by atoms with van der Waals surface area (Å²) in [5, 5.41) is -0.0514. The van der Waals surface area contributed by atoms with Crippen molar-refractivity contribution in [3.63, 3.8) is 0 Å². The fourth-order valence-corrected chi connectivity index (χ4v) is 2.68. The van der Waals surface area contributed by atoms with Gasteiger partial charge in [0.15, 0.2) is 0 Å². The third kappa shape index (κ3) is 2.14. The highest BCUT2D eigenvalue weighted by molar-refractivity contribution is 6.32. The summed E-state index contributed by atoms with van der Waals surface area (Å²) in [5.74, 6) is -0.294. The molecule has 5 heteroatoms. The van der Waals surface area contributed by atoms with E-state index >= 15 is 0 Å². The summed E-state index contributed by atoms with van der Waals surface area (Å²) < 4.78 is 18.8. The summed E-state index contributed by atoms with van der Waals surface area (Å²) in [5.41, 5.74) is -0.0393. The van der Waals surface area contributed by atoms with Crippen LogP contribution in [-0.2, 0) is 10.3 Å². The molecule has 3 nitrogen and oxygen atoms in total. The number of aliphatic imine (C=N–C) groups is 1. The van der Waals surface area contributed by atoms with Crippen LogP contribution in [0.3, 0.4) is 0 Å². The molecule has 0 bridgehead atoms. The molecule has 1 saturated carbocycles. The van der Waals surface area contributed by atoms with Crippen molar-refractivity contribution in [3.8, 4) is 5.75 Å². The molecular weight excluding hydrogens is 257 g/mol. The maximum Gasteiger partial charge on any atom is 0.235 e. The van der Waals surface area contributed by atoms with Gasteiger partial charge < -0.3 is 4.74 Å². The average Bonchev–Trinajstić information content (AvgIpc) is 2.82. The Hall–Kier alpha value is -1.38. The van der Waals surface area contributed by atoms with Gasteiger partial charge in [-0.2, -0.15) is 4.99 Å². The van der Waals surface area contributed by atoms with Crippen LogP contribution >= 0.6 is 11.6 Å². The maximum atomic E-state index is 13.7. The van der Waals surface area contributed by atoms with Crippen molar-refractivity contribution in [2.24, 2.45) is 4.99 Å². The quantitative estimate of drug-likeness (QED) is 0.621. The van der Waals surface area contributed by atoms with Gasteiger partial charge >= 0.3 is 0 Å². The molecule has 0 saturated heterocycles. The number of nitrogens with zero attached hydrogens (tertiary/aromatic N) is 1. The first-order valence-corrected chi connectivity index (χ1v) is 6.13. The summed E-state index contributed by atoms with van der Waals surface area (Å²) in [7, 11) is 1.43. The van der Waals surface area contributed by atoms with Gasteiger partial charge in [-0.1, -0.05) is 24.4 Å². The lowest BCUT2D eigenvalue weighted by Crippen LogP contribution is -2.19. The van der Waals surface area contributed by atoms with Gasteiger partial charge in [0.1, 0.15) is 16.6 Å². The first-order valence-electron chi connectivity index (χ1n) is 5.75. The lowest BCUT2D eigenvalue weighted by atomic mass is 9.88. The second kappa shape index (κ2) is 5.09. The Kier molecular flexibility index (Phi) is 3.69. The van der Waals surface area contributed by atoms with Gasteiger partial charge in [-0.3, -0.25) is 0 Å². The van der Waals surface area contributed by atoms with E-state index in [1.54, 1.807) is 12.1 Å². The van der Waals surface area contributed by atoms with Crippen molar-refractivity contribution < 1.29 is 13.9 Å². The number of halogens is 2. The third-order valence-corrected chi connectivity index (χ3v) is 3.81. The molecule has 2 rings (SSSR count). The Morgan fingerprint density at radius 2 is 2.11 bits per heavy atom. The van der Waals surface area contributed by atoms with Crippen LogP contribution in [0, 0.1) is 5.82 Å². The zero-order valence-electron chi connectivity index (χ0n) is 10.0. The molecule has 0 heterocycles. The Morgan fingerprint density at radius 1 is 1.44 bits per heavy atom. The second-order valence-electron chi connectivity index (χ2n) is 4.42. The molecule has 1 aliphatic carbocycles. The van der Waals surface area contributed by atoms with Crippen molar-refractivity contribution in [2.75, 3.05) is 7.11 Å². The lowest BCUT2D eigenvalue weighted by molar-refractivity contribution is 0.403. The van der Waals surface area contributed by atoms with Gasteiger partial charge in [-0.25, -0.2) is 9.18 Å². The maximum absolute atomic E-state index is 13.7. The number of benzene rings is 1. The highest BCUT2D eigenvalue weighted by Crippen LogP contribution is 2.44. The monoisotopic (exact) mass is 269 g/mol. The van der Waals surface area contributed by atoms with Crippen LogP contribution in [0.4, 0.5) is 4.39 Å². The zero-order valence-corrected chi connectivity index (χ0v) is 10.8. The van der Waals surface area contributed by atoms with E-state index in [2.05, 4.69) is 4.99 Å². The molecule has 1 aliphatic rings. The molecule has 18 heavy (non-hydrogen) atoms. The van der Waals surface area contributed by atoms with E-state index < -0.39 is 11.4 Å². The predicted molar refractivity (Wildman–Crippen MR) is 66.2 cm³/mol. The fourth-order valence-electron chi connectivity index (χ4n) is 2.49. The first kappa shape index (κ1) is 13.1. The topological polar surface area (TPSA) is 38.7 Å². The highest BCUT2D eigenvalue weighted by Gasteiger charge is 2.36. The van der Waals surface area contributed by atoms with E-state index in [1.165, 1.54) is 13.2 Å². The van der Waals surface area contributed by atoms with Crippen molar-refractivity contribution >= 4 is 17.7 Å². The van der Waals surface area contributed by atoms with Gasteiger partial charge in [0.2, 0.25) is 6.08 Å². The second-order valence-corrected chi connectivity index (χ2v) is 4.79. The SMILES string of the molecule is COc1cc(C2(N=C=O)CCCC2)cc(F)c1Cl. The molecule has 0 N–H and O–H groups in total. The van der Waals surface area contributed by atoms with Gasteiger partial charge in [-0.15, -0.1) is 0 Å². The zero-order chi connectivity index (χ0) is 13.2. The lowest BCUT2D eigenvalue weighted by Gasteiger charge is -2.23. The van der Waals surface area contributed by atoms with E-state index in [0.717, 1.165) is 12.8 Å². The molecule has 0 aromatic heterocycles. The number of hydrogen-bond acceptors (Lipinski definition) is 3. The molecule has 0 unspecified atom stereocenters. The fraction of sp³-hybridized carbons (Fsp3) is 0.462. The first-order chi connectivity index (χ1) is 8.63. The summed E-state index contributed by atoms with van der Waals surface area (Å²) in [6, 6.07) is 2.98. The number of ether oxygens (including phenoxy) is 1. The van der Waals surface area contributed by atoms with Crippen LogP contribution in [0.2, 0.25) is 5.02 Å². The Bertz CT molecular complexity index is 506. The van der Waals surface area contributed by atoms with Crippen LogP contribution in [-0.4, -0.2) is 13.2 Å². The standard InChI is InChI=1S/C13H13ClFNO2/c1-18-11-7-9(6-10(15)12(11)14)13(16-8-17)4-2-3-5-13/h6-7H,2-5H2,1H3. The minimum absolute atomic E-state index is 0.0514. The predicted octanol–water partition coefficient (Wildman–Crippen LogP) is 3.59. The molecule has 0 aliphatic heterocycles. The van der Waals surface area contributed by atoms with E-state index in [-0.39, 0.29) is 10.8 Å². The number of hydrogen-bond donors (Lipinski definition) is 0. The van der Waals surface area contributed by atoms with E-state index in [0.29, 0.717) is 18.4 Å². The Labute approximate surface area is 110 Å². The molecule has 0 spiro atoms. The van der Waals surface area contributed by atoms with Crippen molar-refractivity contribution in [2.45, 2.75) is 31.2 Å². The van der Waals surface area contributed by atoms with Crippen LogP contribution in [0.1, 0.15) is 31.2 Å². The molecule has 1 aromatic carbocycles. The van der Waals surface area contributed by atoms with Crippen LogP contribution < -0.4 is 4.74 Å². The molecular formula is C13H13ClFNO2. The summed E-state index contributed by atoms with van der Waals surface area (Å²) >= 11 is 5.79. The molecule has 1 aromatic rings. The number of carbonyl (C=O) groups excluding carboxylic acids is 1. The number of methoxy groups -OCH3 is 1. The van der Waals surface area contributed by atoms with Gasteiger partial charge in [0.25, 0.3) is 0 Å². The minimum Gasteiger partial charge on any atom is -0.495 e. The van der Waals surface area contributed by atoms with Crippen molar-refractivity contribution in [3.05, 3.63) is 28.5 Å². The molecule has 0 amide bonds. The number of isocyanates is 1. The van der Waals surface area contributed by atoms with E-state index in [9.17, 15) is 9.18 Å². The van der Waals surface area contributed by atoms with Gasteiger partial charge in [-0.05, 0) is 30.5 Å². The van der Waals surface area contributed by atoms with E-state index in [1.807, 2.05) is 0 Å². The molecule has 1 fully saturated rings. The largest absolute Gasteiger partial charge is 0.495 e. The van der Waals surface area contributed by atoms with Gasteiger partial charge in [0, 0.05) is 0 Å². The normalized spacial score (nSPS) is 17.3. The van der Waals surface area contributed by atoms with Crippen LogP contribution in [0.25, 0.3) is 0 Å². The van der Waals surface area contributed by atoms with Crippen molar-refractivity contribution in [1.82, 2.24) is 0 Å². The van der Waals surface area contributed by atoms with Crippen LogP contribution in [0.15, 0.2) is 17.1 Å². The smallest absolute Gasteiger partial charge is 0.235 e. The summed E-state index contributed by atoms with van der Waals surface area (Å²) in [6.07, 6.45) is 4.94. The average molecular weight is 270 g/mol. The van der Waals surface area contributed by atoms with E-state index in [4.69, 9.17) is 16.3 Å². The highest BCUT2D eigenvalue weighted by atomic mass is 35.5. The van der Waals surface area contributed by atoms with Crippen LogP contribution in [0.5, 0.6) is 5.75 Å². The molecule has 0 atom stereocenters. The minimum atomic E-state index is -0.666. The Balaban J connectivity index is 2.55. The summed E-state index contributed by atoms with van der Waals surface area (Å²) in [6.45, 7) is 0. The number of rotatable bonds is 3. The van der Waals surface area contributed by atoms with Gasteiger partial charge in [0.05, 0.1) is 12.6 Å². The molecule has 96 valence electrons. The van der Waals surface area contributed by atoms with Crippen molar-refractivity contribution in [1.29, 1.82) is 0 Å². The summed E-state index contributed by atoms with van der Waals surface area (Å²) in [4.78, 5) is 14.5. The third-order valence-electron chi connectivity index (χ3n) is 3.44.